The number of sulfonamides is 1. The molecule has 1 heterocycles. The first-order valence-electron chi connectivity index (χ1n) is 9.68. The Morgan fingerprint density at radius 1 is 1.20 bits per heavy atom. The van der Waals surface area contributed by atoms with Gasteiger partial charge in [0.2, 0.25) is 10.0 Å². The Kier molecular flexibility index (Phi) is 7.68. The highest BCUT2D eigenvalue weighted by molar-refractivity contribution is 7.98. The lowest BCUT2D eigenvalue weighted by atomic mass is 10.2. The smallest absolute Gasteiger partial charge is 0.255 e. The summed E-state index contributed by atoms with van der Waals surface area (Å²) < 4.78 is 33.5. The third kappa shape index (κ3) is 5.49. The van der Waals surface area contributed by atoms with E-state index in [9.17, 15) is 13.2 Å². The van der Waals surface area contributed by atoms with Gasteiger partial charge in [0, 0.05) is 29.6 Å². The second-order valence-corrected chi connectivity index (χ2v) is 10.0. The van der Waals surface area contributed by atoms with Crippen LogP contribution in [0, 0.1) is 6.92 Å². The highest BCUT2D eigenvalue weighted by atomic mass is 35.5. The standard InChI is InChI=1S/C21H25ClN2O4S2/c1-15-5-6-16(13-19(15)22)28-12-9-23-30(26,27)17-7-8-20(29-2)18(14-17)21(25)24-10-3-4-11-24/h5-8,13-14,23H,3-4,9-12H2,1-2H3. The van der Waals surface area contributed by atoms with Crippen LogP contribution in [0.15, 0.2) is 46.2 Å². The molecule has 1 amide bonds. The van der Waals surface area contributed by atoms with Gasteiger partial charge in [-0.15, -0.1) is 11.8 Å². The lowest BCUT2D eigenvalue weighted by molar-refractivity contribution is 0.0789. The van der Waals surface area contributed by atoms with Gasteiger partial charge in [-0.1, -0.05) is 17.7 Å². The number of likely N-dealkylation sites (tertiary alicyclic amines) is 1. The molecule has 9 heteroatoms. The van der Waals surface area contributed by atoms with Gasteiger partial charge in [-0.25, -0.2) is 13.1 Å². The fourth-order valence-corrected chi connectivity index (χ4v) is 4.98. The number of rotatable bonds is 8. The summed E-state index contributed by atoms with van der Waals surface area (Å²) in [6, 6.07) is 10.0. The highest BCUT2D eigenvalue weighted by Gasteiger charge is 2.24. The number of thioether (sulfide) groups is 1. The van der Waals surface area contributed by atoms with Gasteiger partial charge >= 0.3 is 0 Å². The van der Waals surface area contributed by atoms with Crippen molar-refractivity contribution in [1.29, 1.82) is 0 Å². The van der Waals surface area contributed by atoms with Gasteiger partial charge in [0.15, 0.2) is 0 Å². The molecule has 0 spiro atoms. The second-order valence-electron chi connectivity index (χ2n) is 7.02. The van der Waals surface area contributed by atoms with Crippen LogP contribution >= 0.6 is 23.4 Å². The predicted molar refractivity (Wildman–Crippen MR) is 120 cm³/mol. The SMILES string of the molecule is CSc1ccc(S(=O)(=O)NCCOc2ccc(C)c(Cl)c2)cc1C(=O)N1CCCC1. The van der Waals surface area contributed by atoms with Gasteiger partial charge in [-0.05, 0) is 61.9 Å². The quantitative estimate of drug-likeness (QED) is 0.468. The molecule has 1 aliphatic rings. The fourth-order valence-electron chi connectivity index (χ4n) is 3.20. The molecule has 0 bridgehead atoms. The summed E-state index contributed by atoms with van der Waals surface area (Å²) in [7, 11) is -3.77. The van der Waals surface area contributed by atoms with E-state index in [-0.39, 0.29) is 24.0 Å². The molecule has 0 radical (unpaired) electrons. The summed E-state index contributed by atoms with van der Waals surface area (Å²) in [6.07, 6.45) is 3.83. The molecule has 1 N–H and O–H groups in total. The summed E-state index contributed by atoms with van der Waals surface area (Å²) in [5.74, 6) is 0.459. The van der Waals surface area contributed by atoms with E-state index >= 15 is 0 Å². The number of carbonyl (C=O) groups excluding carboxylic acids is 1. The van der Waals surface area contributed by atoms with Crippen molar-refractivity contribution in [2.75, 3.05) is 32.5 Å². The van der Waals surface area contributed by atoms with Gasteiger partial charge in [-0.3, -0.25) is 4.79 Å². The van der Waals surface area contributed by atoms with Crippen molar-refractivity contribution in [2.45, 2.75) is 29.6 Å². The van der Waals surface area contributed by atoms with Gasteiger partial charge in [0.25, 0.3) is 5.91 Å². The van der Waals surface area contributed by atoms with E-state index in [0.717, 1.165) is 23.3 Å². The number of carbonyl (C=O) groups is 1. The molecule has 0 unspecified atom stereocenters. The van der Waals surface area contributed by atoms with E-state index in [2.05, 4.69) is 4.72 Å². The second kappa shape index (κ2) is 10.0. The van der Waals surface area contributed by atoms with Crippen LogP contribution in [0.25, 0.3) is 0 Å². The summed E-state index contributed by atoms with van der Waals surface area (Å²) in [4.78, 5) is 15.5. The molecular weight excluding hydrogens is 444 g/mol. The predicted octanol–water partition coefficient (Wildman–Crippen LogP) is 3.96. The highest BCUT2D eigenvalue weighted by Crippen LogP contribution is 2.26. The Morgan fingerprint density at radius 2 is 1.93 bits per heavy atom. The topological polar surface area (TPSA) is 75.7 Å². The minimum atomic E-state index is -3.77. The maximum atomic E-state index is 12.8. The Morgan fingerprint density at radius 3 is 2.60 bits per heavy atom. The van der Waals surface area contributed by atoms with Crippen LogP contribution in [-0.4, -0.2) is 51.7 Å². The number of ether oxygens (including phenoxy) is 1. The van der Waals surface area contributed by atoms with Crippen molar-refractivity contribution >= 4 is 39.3 Å². The van der Waals surface area contributed by atoms with Crippen LogP contribution in [0.4, 0.5) is 0 Å². The van der Waals surface area contributed by atoms with E-state index in [1.165, 1.54) is 23.9 Å². The lowest BCUT2D eigenvalue weighted by Gasteiger charge is -2.18. The molecule has 2 aromatic rings. The first-order chi connectivity index (χ1) is 14.3. The minimum Gasteiger partial charge on any atom is -0.492 e. The van der Waals surface area contributed by atoms with E-state index in [4.69, 9.17) is 16.3 Å². The monoisotopic (exact) mass is 468 g/mol. The molecule has 2 aromatic carbocycles. The third-order valence-corrected chi connectivity index (χ3v) is 7.57. The maximum absolute atomic E-state index is 12.8. The number of nitrogens with zero attached hydrogens (tertiary/aromatic N) is 1. The zero-order valence-corrected chi connectivity index (χ0v) is 19.4. The normalized spacial score (nSPS) is 14.2. The summed E-state index contributed by atoms with van der Waals surface area (Å²) in [6.45, 7) is 3.56. The fraction of sp³-hybridized carbons (Fsp3) is 0.381. The molecule has 0 saturated carbocycles. The first-order valence-corrected chi connectivity index (χ1v) is 12.8. The molecule has 6 nitrogen and oxygen atoms in total. The van der Waals surface area contributed by atoms with Crippen molar-refractivity contribution < 1.29 is 17.9 Å². The van der Waals surface area contributed by atoms with Crippen molar-refractivity contribution in [3.05, 3.63) is 52.5 Å². The van der Waals surface area contributed by atoms with Crippen LogP contribution in [0.5, 0.6) is 5.75 Å². The number of hydrogen-bond acceptors (Lipinski definition) is 5. The molecule has 30 heavy (non-hydrogen) atoms. The minimum absolute atomic E-state index is 0.0706. The zero-order chi connectivity index (χ0) is 21.7. The Bertz CT molecular complexity index is 1020. The third-order valence-electron chi connectivity index (χ3n) is 4.91. The molecular formula is C21H25ClN2O4S2. The molecule has 1 aliphatic heterocycles. The first kappa shape index (κ1) is 22.9. The average molecular weight is 469 g/mol. The summed E-state index contributed by atoms with van der Waals surface area (Å²) >= 11 is 7.50. The van der Waals surface area contributed by atoms with Crippen LogP contribution in [0.3, 0.4) is 0 Å². The number of nitrogens with one attached hydrogen (secondary N) is 1. The molecule has 0 aliphatic carbocycles. The van der Waals surface area contributed by atoms with Crippen molar-refractivity contribution in [2.24, 2.45) is 0 Å². The Labute approximate surface area is 187 Å². The summed E-state index contributed by atoms with van der Waals surface area (Å²) in [5, 5.41) is 0.595. The molecule has 0 atom stereocenters. The van der Waals surface area contributed by atoms with Crippen LogP contribution in [0.2, 0.25) is 5.02 Å². The number of aryl methyl sites for hydroxylation is 1. The Balaban J connectivity index is 1.66. The van der Waals surface area contributed by atoms with Crippen molar-refractivity contribution in [3.8, 4) is 5.75 Å². The van der Waals surface area contributed by atoms with Gasteiger partial charge in [0.1, 0.15) is 12.4 Å². The van der Waals surface area contributed by atoms with E-state index < -0.39 is 10.0 Å². The van der Waals surface area contributed by atoms with Crippen LogP contribution in [0.1, 0.15) is 28.8 Å². The number of hydrogen-bond donors (Lipinski definition) is 1. The van der Waals surface area contributed by atoms with Gasteiger partial charge < -0.3 is 9.64 Å². The van der Waals surface area contributed by atoms with Gasteiger partial charge in [-0.2, -0.15) is 0 Å². The van der Waals surface area contributed by atoms with E-state index in [0.29, 0.717) is 29.4 Å². The lowest BCUT2D eigenvalue weighted by Crippen LogP contribution is -2.30. The number of amides is 1. The van der Waals surface area contributed by atoms with Gasteiger partial charge in [0.05, 0.1) is 10.5 Å². The number of benzene rings is 2. The van der Waals surface area contributed by atoms with Crippen molar-refractivity contribution in [3.63, 3.8) is 0 Å². The number of halogens is 1. The van der Waals surface area contributed by atoms with Crippen molar-refractivity contribution in [1.82, 2.24) is 9.62 Å². The zero-order valence-electron chi connectivity index (χ0n) is 17.0. The largest absolute Gasteiger partial charge is 0.492 e. The van der Waals surface area contributed by atoms with E-state index in [1.807, 2.05) is 19.2 Å². The molecule has 1 fully saturated rings. The summed E-state index contributed by atoms with van der Waals surface area (Å²) in [5.41, 5.74) is 1.37. The maximum Gasteiger partial charge on any atom is 0.255 e. The van der Waals surface area contributed by atoms with Crippen LogP contribution in [-0.2, 0) is 10.0 Å². The molecule has 162 valence electrons. The Hall–Kier alpha value is -1.74. The van der Waals surface area contributed by atoms with E-state index in [1.54, 1.807) is 23.1 Å². The molecule has 0 aromatic heterocycles. The molecule has 1 saturated heterocycles. The van der Waals surface area contributed by atoms with Crippen LogP contribution < -0.4 is 9.46 Å². The molecule has 3 rings (SSSR count). The average Bonchev–Trinajstić information content (AvgIpc) is 3.27.